The second kappa shape index (κ2) is 8.96. The summed E-state index contributed by atoms with van der Waals surface area (Å²) in [5.74, 6) is 0. The zero-order valence-corrected chi connectivity index (χ0v) is 20.6. The van der Waals surface area contributed by atoms with Gasteiger partial charge >= 0.3 is 0 Å². The van der Waals surface area contributed by atoms with Gasteiger partial charge in [-0.05, 0) is 37.3 Å². The van der Waals surface area contributed by atoms with Crippen LogP contribution < -0.4 is 10.4 Å². The van der Waals surface area contributed by atoms with Gasteiger partial charge in [-0.3, -0.25) is 0 Å². The van der Waals surface area contributed by atoms with Crippen LogP contribution in [0, 0.1) is 0 Å². The fourth-order valence-corrected chi connectivity index (χ4v) is 17.0. The molecule has 0 saturated heterocycles. The molecular weight excluding hydrogens is 442 g/mol. The number of halogens is 4. The van der Waals surface area contributed by atoms with Crippen molar-refractivity contribution < 1.29 is 0 Å². The number of hydrogen-bond acceptors (Lipinski definition) is 0. The fourth-order valence-electron chi connectivity index (χ4n) is 3.25. The minimum Gasteiger partial charge on any atom is -0.146 e. The topological polar surface area (TPSA) is 0 Å². The molecule has 0 N–H and O–H groups in total. The Balaban J connectivity index is 2.52. The van der Waals surface area contributed by atoms with Gasteiger partial charge in [-0.25, -0.2) is 0 Å². The van der Waals surface area contributed by atoms with Gasteiger partial charge in [0.2, 0.25) is 13.4 Å². The first-order valence-corrected chi connectivity index (χ1v) is 20.4. The molecule has 0 bridgehead atoms. The molecule has 0 atom stereocenters. The lowest BCUT2D eigenvalue weighted by atomic mass is 10.4. The molecule has 0 unspecified atom stereocenters. The van der Waals surface area contributed by atoms with E-state index in [0.717, 1.165) is 24.2 Å². The molecule has 0 radical (unpaired) electrons. The molecule has 0 aromatic heterocycles. The molecule has 25 heavy (non-hydrogen) atoms. The van der Waals surface area contributed by atoms with Crippen LogP contribution in [0.25, 0.3) is 0 Å². The Hall–Kier alpha value is 0.251. The summed E-state index contributed by atoms with van der Waals surface area (Å²) in [4.78, 5) is 0. The van der Waals surface area contributed by atoms with E-state index < -0.39 is 21.5 Å². The highest BCUT2D eigenvalue weighted by molar-refractivity contribution is 7.45. The van der Waals surface area contributed by atoms with Gasteiger partial charge in [-0.2, -0.15) is 0 Å². The summed E-state index contributed by atoms with van der Waals surface area (Å²) < 4.78 is 0. The molecule has 7 heteroatoms. The summed E-state index contributed by atoms with van der Waals surface area (Å²) in [6, 6.07) is 25.5. The second-order valence-electron chi connectivity index (χ2n) is 6.95. The van der Waals surface area contributed by atoms with Gasteiger partial charge in [0.15, 0.2) is 0 Å². The highest BCUT2D eigenvalue weighted by Crippen LogP contribution is 2.32. The quantitative estimate of drug-likeness (QED) is 0.314. The highest BCUT2D eigenvalue weighted by Gasteiger charge is 2.40. The molecule has 0 aliphatic heterocycles. The number of rotatable bonds is 8. The van der Waals surface area contributed by atoms with Crippen molar-refractivity contribution in [1.29, 1.82) is 0 Å². The summed E-state index contributed by atoms with van der Waals surface area (Å²) in [5.41, 5.74) is 0. The number of hydrogen-bond donors (Lipinski definition) is 0. The third-order valence-corrected chi connectivity index (χ3v) is 15.2. The molecule has 136 valence electrons. The van der Waals surface area contributed by atoms with E-state index in [9.17, 15) is 0 Å². The Morgan fingerprint density at radius 2 is 0.880 bits per heavy atom. The van der Waals surface area contributed by atoms with Crippen LogP contribution in [-0.2, 0) is 0 Å². The van der Waals surface area contributed by atoms with Crippen molar-refractivity contribution >= 4 is 76.2 Å². The van der Waals surface area contributed by atoms with E-state index in [1.165, 1.54) is 10.4 Å². The number of benzene rings is 2. The van der Waals surface area contributed by atoms with Crippen LogP contribution in [0.5, 0.6) is 0 Å². The third kappa shape index (κ3) is 6.73. The van der Waals surface area contributed by atoms with Gasteiger partial charge in [0.05, 0.1) is 0 Å². The van der Waals surface area contributed by atoms with Gasteiger partial charge in [0.1, 0.15) is 8.07 Å². The monoisotopic (exact) mass is 464 g/mol. The van der Waals surface area contributed by atoms with E-state index in [1.807, 2.05) is 13.1 Å². The molecule has 0 heterocycles. The van der Waals surface area contributed by atoms with E-state index in [2.05, 4.69) is 60.7 Å². The van der Waals surface area contributed by atoms with Gasteiger partial charge in [0.25, 0.3) is 0 Å². The maximum atomic E-state index is 6.49. The molecule has 0 spiro atoms. The average molecular weight is 466 g/mol. The minimum atomic E-state index is -2.18. The van der Waals surface area contributed by atoms with Crippen LogP contribution in [-0.4, -0.2) is 21.5 Å². The molecule has 0 amide bonds. The lowest BCUT2D eigenvalue weighted by Gasteiger charge is -2.35. The van der Waals surface area contributed by atoms with Crippen molar-refractivity contribution in [3.05, 3.63) is 60.7 Å². The molecule has 0 nitrogen and oxygen atoms in total. The van der Waals surface area contributed by atoms with Crippen molar-refractivity contribution in [3.8, 4) is 0 Å². The summed E-state index contributed by atoms with van der Waals surface area (Å²) >= 11 is 25.9. The lowest BCUT2D eigenvalue weighted by Crippen LogP contribution is -2.58. The van der Waals surface area contributed by atoms with Gasteiger partial charge < -0.3 is 0 Å². The molecular formula is C18H24Cl4Si3. The third-order valence-electron chi connectivity index (χ3n) is 4.63. The van der Waals surface area contributed by atoms with Crippen LogP contribution in [0.4, 0.5) is 0 Å². The Labute approximate surface area is 173 Å². The Bertz CT molecular complexity index is 592. The minimum absolute atomic E-state index is 0.884. The SMILES string of the molecule is C[Si](Cl)(Cl)CC[Si](CC[Si](C)(Cl)Cl)(c1ccccc1)c1ccccc1. The highest BCUT2D eigenvalue weighted by atomic mass is 35.7. The zero-order chi connectivity index (χ0) is 18.6. The van der Waals surface area contributed by atoms with Crippen molar-refractivity contribution in [2.75, 3.05) is 0 Å². The van der Waals surface area contributed by atoms with Gasteiger partial charge in [-0.15, -0.1) is 44.3 Å². The van der Waals surface area contributed by atoms with E-state index in [4.69, 9.17) is 44.3 Å². The average Bonchev–Trinajstić information content (AvgIpc) is 2.55. The standard InChI is InChI=1S/C18H24Cl4Si3/c1-23(19,20)13-15-25(16-14-24(2,21)22,17-9-5-3-6-10-17)18-11-7-4-8-12-18/h3-12H,13-16H2,1-2H3. The second-order valence-corrected chi connectivity index (χ2v) is 27.7. The molecule has 0 aliphatic rings. The first kappa shape index (κ1) is 21.5. The van der Waals surface area contributed by atoms with Crippen LogP contribution >= 0.6 is 44.3 Å². The predicted molar refractivity (Wildman–Crippen MR) is 124 cm³/mol. The van der Waals surface area contributed by atoms with Crippen molar-refractivity contribution in [3.63, 3.8) is 0 Å². The summed E-state index contributed by atoms with van der Waals surface area (Å²) in [5, 5.41) is 2.83. The molecule has 0 saturated carbocycles. The van der Waals surface area contributed by atoms with Crippen molar-refractivity contribution in [1.82, 2.24) is 0 Å². The fraction of sp³-hybridized carbons (Fsp3) is 0.333. The first-order valence-electron chi connectivity index (χ1n) is 8.49. The summed E-state index contributed by atoms with van der Waals surface area (Å²) in [6.45, 7) is -0.352. The molecule has 0 fully saturated rings. The van der Waals surface area contributed by atoms with E-state index >= 15 is 0 Å². The largest absolute Gasteiger partial charge is 0.248 e. The smallest absolute Gasteiger partial charge is 0.146 e. The van der Waals surface area contributed by atoms with Crippen LogP contribution in [0.15, 0.2) is 60.7 Å². The predicted octanol–water partition coefficient (Wildman–Crippen LogP) is 6.35. The lowest BCUT2D eigenvalue weighted by molar-refractivity contribution is 1.25. The van der Waals surface area contributed by atoms with Crippen LogP contribution in [0.2, 0.25) is 37.3 Å². The van der Waals surface area contributed by atoms with E-state index in [-0.39, 0.29) is 0 Å². The first-order chi connectivity index (χ1) is 11.6. The Morgan fingerprint density at radius 3 is 1.16 bits per heavy atom. The summed E-state index contributed by atoms with van der Waals surface area (Å²) in [6.07, 6.45) is 0. The molecule has 2 aromatic rings. The molecule has 0 aliphatic carbocycles. The van der Waals surface area contributed by atoms with E-state index in [0.29, 0.717) is 0 Å². The zero-order valence-electron chi connectivity index (χ0n) is 14.6. The maximum absolute atomic E-state index is 6.49. The van der Waals surface area contributed by atoms with Crippen LogP contribution in [0.3, 0.4) is 0 Å². The Morgan fingerprint density at radius 1 is 0.560 bits per heavy atom. The Kier molecular flexibility index (Phi) is 7.72. The molecule has 2 rings (SSSR count). The van der Waals surface area contributed by atoms with Crippen LogP contribution in [0.1, 0.15) is 0 Å². The van der Waals surface area contributed by atoms with E-state index in [1.54, 1.807) is 0 Å². The van der Waals surface area contributed by atoms with Gasteiger partial charge in [-0.1, -0.05) is 71.0 Å². The normalized spacial score (nSPS) is 13.0. The van der Waals surface area contributed by atoms with Crippen molar-refractivity contribution in [2.24, 2.45) is 0 Å². The van der Waals surface area contributed by atoms with Crippen molar-refractivity contribution in [2.45, 2.75) is 37.3 Å². The summed E-state index contributed by atoms with van der Waals surface area (Å²) in [7, 11) is -2.04. The maximum Gasteiger partial charge on any atom is 0.248 e. The molecule has 2 aromatic carbocycles. The van der Waals surface area contributed by atoms with Gasteiger partial charge in [0, 0.05) is 0 Å².